The van der Waals surface area contributed by atoms with Gasteiger partial charge in [-0.1, -0.05) is 59.7 Å². The molecule has 1 aliphatic heterocycles. The number of fused-ring (bicyclic) bond motifs is 1. The Labute approximate surface area is 256 Å². The number of furan rings is 1. The van der Waals surface area contributed by atoms with E-state index < -0.39 is 12.0 Å². The number of para-hydroxylation sites is 1. The van der Waals surface area contributed by atoms with Crippen molar-refractivity contribution < 1.29 is 23.4 Å². The highest BCUT2D eigenvalue weighted by Crippen LogP contribution is 2.36. The molecule has 1 atom stereocenters. The van der Waals surface area contributed by atoms with Gasteiger partial charge in [-0.05, 0) is 49.7 Å². The number of hydrogen-bond acceptors (Lipinski definition) is 8. The van der Waals surface area contributed by atoms with E-state index >= 15 is 0 Å². The van der Waals surface area contributed by atoms with Crippen LogP contribution >= 0.6 is 34.5 Å². The molecule has 0 bridgehead atoms. The van der Waals surface area contributed by atoms with Crippen LogP contribution in [0.25, 0.3) is 17.4 Å². The van der Waals surface area contributed by atoms with E-state index in [0.717, 1.165) is 6.42 Å². The number of allylic oxidation sites excluding steroid dienone is 1. The van der Waals surface area contributed by atoms with E-state index in [1.165, 1.54) is 23.0 Å². The lowest BCUT2D eigenvalue weighted by molar-refractivity contribution is -0.140. The van der Waals surface area contributed by atoms with Crippen molar-refractivity contribution in [1.29, 1.82) is 0 Å². The average molecular weight is 628 g/mol. The topological polar surface area (TPSA) is 92.3 Å². The highest BCUT2D eigenvalue weighted by atomic mass is 35.5. The molecular weight excluding hydrogens is 599 g/mol. The Morgan fingerprint density at radius 2 is 1.93 bits per heavy atom. The normalized spacial score (nSPS) is 15.0. The van der Waals surface area contributed by atoms with Gasteiger partial charge in [0.1, 0.15) is 29.9 Å². The number of benzene rings is 2. The number of carbonyl (C=O) groups excluding carboxylic acids is 1. The van der Waals surface area contributed by atoms with Crippen LogP contribution in [-0.2, 0) is 14.3 Å². The van der Waals surface area contributed by atoms with Crippen LogP contribution < -0.4 is 19.6 Å². The smallest absolute Gasteiger partial charge is 0.338 e. The number of aromatic nitrogens is 1. The molecule has 0 fully saturated rings. The second-order valence-corrected chi connectivity index (χ2v) is 11.3. The van der Waals surface area contributed by atoms with E-state index in [1.54, 1.807) is 43.3 Å². The Hall–Kier alpha value is -3.63. The van der Waals surface area contributed by atoms with Crippen LogP contribution in [0.3, 0.4) is 0 Å². The molecule has 0 aliphatic carbocycles. The molecule has 218 valence electrons. The summed E-state index contributed by atoms with van der Waals surface area (Å²) in [5.41, 5.74) is 1.72. The number of nitrogens with zero attached hydrogens (tertiary/aromatic N) is 2. The fourth-order valence-electron chi connectivity index (χ4n) is 4.62. The fraction of sp³-hybridized carbons (Fsp3) is 0.258. The third kappa shape index (κ3) is 6.10. The van der Waals surface area contributed by atoms with Gasteiger partial charge in [0, 0.05) is 29.3 Å². The maximum Gasteiger partial charge on any atom is 0.338 e. The van der Waals surface area contributed by atoms with Gasteiger partial charge in [-0.15, -0.1) is 0 Å². The summed E-state index contributed by atoms with van der Waals surface area (Å²) in [6.07, 6.45) is 2.45. The first-order chi connectivity index (χ1) is 20.3. The van der Waals surface area contributed by atoms with Crippen LogP contribution in [0.5, 0.6) is 5.75 Å². The molecule has 42 heavy (non-hydrogen) atoms. The van der Waals surface area contributed by atoms with Crippen LogP contribution in [0.2, 0.25) is 10.0 Å². The monoisotopic (exact) mass is 626 g/mol. The predicted molar refractivity (Wildman–Crippen MR) is 163 cm³/mol. The Morgan fingerprint density at radius 3 is 2.69 bits per heavy atom. The van der Waals surface area contributed by atoms with Crippen LogP contribution in [0.4, 0.5) is 0 Å². The van der Waals surface area contributed by atoms with Crippen molar-refractivity contribution >= 4 is 46.6 Å². The Balaban J connectivity index is 1.62. The zero-order valence-electron chi connectivity index (χ0n) is 23.2. The molecular formula is C31H28Cl2N2O6S. The molecule has 0 amide bonds. The summed E-state index contributed by atoms with van der Waals surface area (Å²) < 4.78 is 24.5. The van der Waals surface area contributed by atoms with Crippen molar-refractivity contribution in [3.05, 3.63) is 107 Å². The maximum absolute atomic E-state index is 14.0. The molecule has 4 aromatic rings. The lowest BCUT2D eigenvalue weighted by atomic mass is 9.95. The summed E-state index contributed by atoms with van der Waals surface area (Å²) in [5.74, 6) is 0.992. The molecule has 2 aromatic heterocycles. The van der Waals surface area contributed by atoms with Gasteiger partial charge in [-0.25, -0.2) is 9.79 Å². The van der Waals surface area contributed by atoms with E-state index in [-0.39, 0.29) is 24.3 Å². The quantitative estimate of drug-likeness (QED) is 0.164. The Kier molecular flexibility index (Phi) is 9.33. The van der Waals surface area contributed by atoms with Gasteiger partial charge in [-0.3, -0.25) is 9.36 Å². The second-order valence-electron chi connectivity index (χ2n) is 9.42. The number of ether oxygens (including phenoxy) is 3. The zero-order valence-corrected chi connectivity index (χ0v) is 25.5. The van der Waals surface area contributed by atoms with E-state index in [2.05, 4.69) is 4.99 Å². The van der Waals surface area contributed by atoms with Crippen molar-refractivity contribution in [2.75, 3.05) is 26.9 Å². The molecule has 0 N–H and O–H groups in total. The van der Waals surface area contributed by atoms with Crippen molar-refractivity contribution in [2.45, 2.75) is 26.3 Å². The maximum atomic E-state index is 14.0. The summed E-state index contributed by atoms with van der Waals surface area (Å²) in [6.45, 7) is 4.53. The van der Waals surface area contributed by atoms with Gasteiger partial charge < -0.3 is 18.6 Å². The Bertz CT molecular complexity index is 1840. The number of hydrogen-bond donors (Lipinski definition) is 0. The van der Waals surface area contributed by atoms with Gasteiger partial charge >= 0.3 is 5.97 Å². The number of methoxy groups -OCH3 is 1. The van der Waals surface area contributed by atoms with Gasteiger partial charge in [0.15, 0.2) is 4.80 Å². The van der Waals surface area contributed by atoms with E-state index in [0.29, 0.717) is 60.1 Å². The molecule has 11 heteroatoms. The third-order valence-electron chi connectivity index (χ3n) is 6.53. The van der Waals surface area contributed by atoms with Gasteiger partial charge in [0.25, 0.3) is 5.56 Å². The van der Waals surface area contributed by atoms with Crippen molar-refractivity contribution in [2.24, 2.45) is 4.99 Å². The van der Waals surface area contributed by atoms with Crippen molar-refractivity contribution in [3.63, 3.8) is 0 Å². The van der Waals surface area contributed by atoms with Crippen LogP contribution in [0, 0.1) is 0 Å². The fourth-order valence-corrected chi connectivity index (χ4v) is 6.14. The standard InChI is InChI=1S/C31H28Cl2N2O6S/c1-4-13-39-24-8-6-5-7-22(24)28-27(30(37)40-15-14-38-3)18(2)34-31-35(28)29(36)26(42-31)17-20-10-12-25(41-20)21-11-9-19(32)16-23(21)33/h5-12,16-17,28H,4,13-15H2,1-3H3/b26-17+/t28-/m0/s1. The highest BCUT2D eigenvalue weighted by Gasteiger charge is 2.35. The van der Waals surface area contributed by atoms with Crippen molar-refractivity contribution in [1.82, 2.24) is 4.57 Å². The van der Waals surface area contributed by atoms with Gasteiger partial charge in [0.2, 0.25) is 0 Å². The predicted octanol–water partition coefficient (Wildman–Crippen LogP) is 5.78. The minimum atomic E-state index is -0.813. The van der Waals surface area contributed by atoms with Crippen LogP contribution in [0.15, 0.2) is 80.1 Å². The SMILES string of the molecule is CCCOc1ccccc1[C@H]1C(C(=O)OCCOC)=C(C)N=c2s/c(=C/c3ccc(-c4ccc(Cl)cc4Cl)o3)c(=O)n21. The summed E-state index contributed by atoms with van der Waals surface area (Å²) in [6, 6.07) is 15.2. The summed E-state index contributed by atoms with van der Waals surface area (Å²) in [4.78, 5) is 32.5. The minimum absolute atomic E-state index is 0.0652. The lowest BCUT2D eigenvalue weighted by Gasteiger charge is -2.26. The number of esters is 1. The highest BCUT2D eigenvalue weighted by molar-refractivity contribution is 7.07. The van der Waals surface area contributed by atoms with Crippen molar-refractivity contribution in [3.8, 4) is 17.1 Å². The van der Waals surface area contributed by atoms with Gasteiger partial charge in [0.05, 0.1) is 34.0 Å². The Morgan fingerprint density at radius 1 is 1.12 bits per heavy atom. The molecule has 0 unspecified atom stereocenters. The molecule has 0 saturated carbocycles. The van der Waals surface area contributed by atoms with Gasteiger partial charge in [-0.2, -0.15) is 0 Å². The molecule has 1 aliphatic rings. The lowest BCUT2D eigenvalue weighted by Crippen LogP contribution is -2.40. The number of halogens is 2. The second kappa shape index (κ2) is 13.1. The van der Waals surface area contributed by atoms with E-state index in [4.69, 9.17) is 41.8 Å². The molecule has 0 radical (unpaired) electrons. The first kappa shape index (κ1) is 29.8. The zero-order chi connectivity index (χ0) is 29.8. The summed E-state index contributed by atoms with van der Waals surface area (Å²) in [5, 5.41) is 0.970. The van der Waals surface area contributed by atoms with Crippen LogP contribution in [-0.4, -0.2) is 37.5 Å². The average Bonchev–Trinajstić information content (AvgIpc) is 3.55. The molecule has 0 saturated heterocycles. The summed E-state index contributed by atoms with van der Waals surface area (Å²) in [7, 11) is 1.53. The van der Waals surface area contributed by atoms with E-state index in [1.807, 2.05) is 31.2 Å². The minimum Gasteiger partial charge on any atom is -0.493 e. The van der Waals surface area contributed by atoms with Crippen LogP contribution in [0.1, 0.15) is 37.6 Å². The molecule has 2 aromatic carbocycles. The number of rotatable bonds is 10. The molecule has 5 rings (SSSR count). The molecule has 0 spiro atoms. The first-order valence-corrected chi connectivity index (χ1v) is 14.8. The third-order valence-corrected chi connectivity index (χ3v) is 8.06. The van der Waals surface area contributed by atoms with E-state index in [9.17, 15) is 9.59 Å². The summed E-state index contributed by atoms with van der Waals surface area (Å²) >= 11 is 13.6. The number of thiazole rings is 1. The molecule has 8 nitrogen and oxygen atoms in total. The number of carbonyl (C=O) groups is 1. The largest absolute Gasteiger partial charge is 0.493 e. The molecule has 3 heterocycles. The first-order valence-electron chi connectivity index (χ1n) is 13.3.